The fourth-order valence-electron chi connectivity index (χ4n) is 2.54. The lowest BCUT2D eigenvalue weighted by Crippen LogP contribution is -2.29. The molecule has 0 spiro atoms. The first-order valence-corrected chi connectivity index (χ1v) is 9.29. The van der Waals surface area contributed by atoms with Gasteiger partial charge < -0.3 is 15.5 Å². The second-order valence-corrected chi connectivity index (χ2v) is 6.89. The van der Waals surface area contributed by atoms with E-state index in [1.54, 1.807) is 0 Å². The second kappa shape index (κ2) is 8.46. The number of hydrogen-bond donors (Lipinski definition) is 2. The Hall–Kier alpha value is -3.19. The van der Waals surface area contributed by atoms with Crippen molar-refractivity contribution >= 4 is 39.7 Å². The standard InChI is InChI=1S/C20H20N4O2S/c1-14(25)21-16-10-8-15(9-11-16)18-13-27-20(22-18)23-19(26)12-24(2)17-6-4-3-5-7-17/h3-11,13H,12H2,1-2H3,(H,21,25)(H,22,23,26). The fourth-order valence-corrected chi connectivity index (χ4v) is 3.28. The Morgan fingerprint density at radius 2 is 1.74 bits per heavy atom. The van der Waals surface area contributed by atoms with Gasteiger partial charge >= 0.3 is 0 Å². The van der Waals surface area contributed by atoms with E-state index in [1.165, 1.54) is 18.3 Å². The Kier molecular flexibility index (Phi) is 5.83. The minimum atomic E-state index is -0.122. The van der Waals surface area contributed by atoms with Gasteiger partial charge in [-0.1, -0.05) is 30.3 Å². The van der Waals surface area contributed by atoms with Crippen LogP contribution in [0, 0.1) is 0 Å². The van der Waals surface area contributed by atoms with Gasteiger partial charge in [-0.05, 0) is 24.3 Å². The number of hydrogen-bond acceptors (Lipinski definition) is 5. The zero-order valence-corrected chi connectivity index (χ0v) is 15.9. The van der Waals surface area contributed by atoms with Crippen molar-refractivity contribution in [1.29, 1.82) is 0 Å². The van der Waals surface area contributed by atoms with Crippen molar-refractivity contribution in [2.45, 2.75) is 6.92 Å². The van der Waals surface area contributed by atoms with E-state index in [0.717, 1.165) is 22.6 Å². The summed E-state index contributed by atoms with van der Waals surface area (Å²) in [5.74, 6) is -0.231. The van der Waals surface area contributed by atoms with Gasteiger partial charge in [-0.3, -0.25) is 9.59 Å². The van der Waals surface area contributed by atoms with E-state index in [4.69, 9.17) is 0 Å². The minimum Gasteiger partial charge on any atom is -0.365 e. The maximum atomic E-state index is 12.3. The summed E-state index contributed by atoms with van der Waals surface area (Å²) in [6.07, 6.45) is 0. The molecule has 0 saturated heterocycles. The van der Waals surface area contributed by atoms with Crippen molar-refractivity contribution in [1.82, 2.24) is 4.98 Å². The van der Waals surface area contributed by atoms with Crippen LogP contribution in [0.4, 0.5) is 16.5 Å². The summed E-state index contributed by atoms with van der Waals surface area (Å²) in [4.78, 5) is 29.7. The van der Waals surface area contributed by atoms with Crippen LogP contribution in [-0.2, 0) is 9.59 Å². The molecule has 6 nitrogen and oxygen atoms in total. The number of anilines is 3. The summed E-state index contributed by atoms with van der Waals surface area (Å²) in [5, 5.41) is 8.02. The summed E-state index contributed by atoms with van der Waals surface area (Å²) < 4.78 is 0. The molecule has 2 aromatic carbocycles. The average molecular weight is 380 g/mol. The van der Waals surface area contributed by atoms with E-state index in [-0.39, 0.29) is 18.4 Å². The zero-order valence-electron chi connectivity index (χ0n) is 15.1. The van der Waals surface area contributed by atoms with E-state index in [0.29, 0.717) is 5.13 Å². The Morgan fingerprint density at radius 3 is 2.41 bits per heavy atom. The van der Waals surface area contributed by atoms with Gasteiger partial charge in [0, 0.05) is 36.3 Å². The lowest BCUT2D eigenvalue weighted by molar-refractivity contribution is -0.115. The fraction of sp³-hybridized carbons (Fsp3) is 0.150. The number of nitrogens with one attached hydrogen (secondary N) is 2. The highest BCUT2D eigenvalue weighted by Gasteiger charge is 2.11. The molecule has 0 aliphatic heterocycles. The summed E-state index contributed by atoms with van der Waals surface area (Å²) in [6.45, 7) is 1.71. The number of carbonyl (C=O) groups is 2. The summed E-state index contributed by atoms with van der Waals surface area (Å²) >= 11 is 1.38. The SMILES string of the molecule is CC(=O)Nc1ccc(-c2csc(NC(=O)CN(C)c3ccccc3)n2)cc1. The molecular formula is C20H20N4O2S. The molecule has 0 unspecified atom stereocenters. The number of carbonyl (C=O) groups excluding carboxylic acids is 2. The number of nitrogens with zero attached hydrogens (tertiary/aromatic N) is 2. The Balaban J connectivity index is 1.60. The van der Waals surface area contributed by atoms with Crippen molar-refractivity contribution in [3.05, 3.63) is 60.0 Å². The Morgan fingerprint density at radius 1 is 1.04 bits per heavy atom. The van der Waals surface area contributed by atoms with Gasteiger partial charge in [0.1, 0.15) is 0 Å². The highest BCUT2D eigenvalue weighted by Crippen LogP contribution is 2.26. The van der Waals surface area contributed by atoms with Crippen LogP contribution < -0.4 is 15.5 Å². The van der Waals surface area contributed by atoms with Gasteiger partial charge in [0.15, 0.2) is 5.13 Å². The van der Waals surface area contributed by atoms with Crippen LogP contribution in [0.5, 0.6) is 0 Å². The molecule has 0 atom stereocenters. The molecule has 3 aromatic rings. The molecule has 27 heavy (non-hydrogen) atoms. The number of amides is 2. The summed E-state index contributed by atoms with van der Waals surface area (Å²) in [7, 11) is 1.87. The predicted molar refractivity (Wildman–Crippen MR) is 110 cm³/mol. The van der Waals surface area contributed by atoms with E-state index < -0.39 is 0 Å². The quantitative estimate of drug-likeness (QED) is 0.681. The average Bonchev–Trinajstić information content (AvgIpc) is 3.11. The maximum absolute atomic E-state index is 12.3. The number of thiazole rings is 1. The molecule has 0 aliphatic rings. The summed E-state index contributed by atoms with van der Waals surface area (Å²) in [5.41, 5.74) is 3.41. The van der Waals surface area contributed by atoms with Crippen LogP contribution in [0.1, 0.15) is 6.92 Å². The van der Waals surface area contributed by atoms with Gasteiger partial charge in [0.2, 0.25) is 11.8 Å². The second-order valence-electron chi connectivity index (χ2n) is 6.04. The first kappa shape index (κ1) is 18.6. The maximum Gasteiger partial charge on any atom is 0.245 e. The van der Waals surface area contributed by atoms with Gasteiger partial charge in [0.25, 0.3) is 0 Å². The smallest absolute Gasteiger partial charge is 0.245 e. The number of rotatable bonds is 6. The lowest BCUT2D eigenvalue weighted by atomic mass is 10.1. The van der Waals surface area contributed by atoms with Crippen LogP contribution in [0.25, 0.3) is 11.3 Å². The lowest BCUT2D eigenvalue weighted by Gasteiger charge is -2.18. The van der Waals surface area contributed by atoms with Crippen LogP contribution >= 0.6 is 11.3 Å². The third-order valence-electron chi connectivity index (χ3n) is 3.83. The molecular weight excluding hydrogens is 360 g/mol. The van der Waals surface area contributed by atoms with Crippen LogP contribution in [0.2, 0.25) is 0 Å². The van der Waals surface area contributed by atoms with E-state index in [9.17, 15) is 9.59 Å². The highest BCUT2D eigenvalue weighted by atomic mass is 32.1. The highest BCUT2D eigenvalue weighted by molar-refractivity contribution is 7.14. The molecule has 1 aromatic heterocycles. The van der Waals surface area contributed by atoms with E-state index >= 15 is 0 Å². The monoisotopic (exact) mass is 380 g/mol. The zero-order chi connectivity index (χ0) is 19.2. The van der Waals surface area contributed by atoms with Gasteiger partial charge in [-0.15, -0.1) is 11.3 Å². The van der Waals surface area contributed by atoms with Crippen LogP contribution in [-0.4, -0.2) is 30.4 Å². The molecule has 0 radical (unpaired) electrons. The number of benzene rings is 2. The Labute approximate surface area is 161 Å². The number of aromatic nitrogens is 1. The molecule has 0 aliphatic carbocycles. The topological polar surface area (TPSA) is 74.3 Å². The molecule has 138 valence electrons. The third kappa shape index (κ3) is 5.15. The van der Waals surface area contributed by atoms with Crippen molar-refractivity contribution in [2.24, 2.45) is 0 Å². The molecule has 0 fully saturated rings. The van der Waals surface area contributed by atoms with E-state index in [2.05, 4.69) is 15.6 Å². The van der Waals surface area contributed by atoms with Gasteiger partial charge in [-0.25, -0.2) is 4.98 Å². The molecule has 2 amide bonds. The summed E-state index contributed by atoms with van der Waals surface area (Å²) in [6, 6.07) is 17.1. The molecule has 0 bridgehead atoms. The molecule has 1 heterocycles. The van der Waals surface area contributed by atoms with Crippen LogP contribution in [0.15, 0.2) is 60.0 Å². The van der Waals surface area contributed by atoms with Crippen molar-refractivity contribution < 1.29 is 9.59 Å². The van der Waals surface area contributed by atoms with Gasteiger partial charge in [-0.2, -0.15) is 0 Å². The normalized spacial score (nSPS) is 10.3. The number of para-hydroxylation sites is 1. The predicted octanol–water partition coefficient (Wildman–Crippen LogP) is 3.84. The first-order chi connectivity index (χ1) is 13.0. The number of likely N-dealkylation sites (N-methyl/N-ethyl adjacent to an activating group) is 1. The molecule has 2 N–H and O–H groups in total. The molecule has 7 heteroatoms. The minimum absolute atomic E-state index is 0.109. The molecule has 0 saturated carbocycles. The Bertz CT molecular complexity index is 923. The van der Waals surface area contributed by atoms with Crippen molar-refractivity contribution in [2.75, 3.05) is 29.1 Å². The van der Waals surface area contributed by atoms with Crippen molar-refractivity contribution in [3.63, 3.8) is 0 Å². The van der Waals surface area contributed by atoms with Gasteiger partial charge in [0.05, 0.1) is 12.2 Å². The third-order valence-corrected chi connectivity index (χ3v) is 4.59. The molecule has 3 rings (SSSR count). The van der Waals surface area contributed by atoms with Crippen LogP contribution in [0.3, 0.4) is 0 Å². The van der Waals surface area contributed by atoms with E-state index in [1.807, 2.05) is 71.9 Å². The van der Waals surface area contributed by atoms with Crippen molar-refractivity contribution in [3.8, 4) is 11.3 Å². The first-order valence-electron chi connectivity index (χ1n) is 8.41. The largest absolute Gasteiger partial charge is 0.365 e.